The smallest absolute Gasteiger partial charge is 0.176 e. The van der Waals surface area contributed by atoms with Crippen molar-refractivity contribution in [2.24, 2.45) is 0 Å². The number of nitrogens with one attached hydrogen (secondary N) is 2. The Morgan fingerprint density at radius 1 is 1.00 bits per heavy atom. The lowest BCUT2D eigenvalue weighted by molar-refractivity contribution is 1.27. The van der Waals surface area contributed by atoms with Crippen molar-refractivity contribution >= 4 is 28.8 Å². The zero-order valence-corrected chi connectivity index (χ0v) is 12.1. The van der Waals surface area contributed by atoms with Crippen LogP contribution >= 0.6 is 12.2 Å². The van der Waals surface area contributed by atoms with E-state index in [1.165, 1.54) is 11.1 Å². The highest BCUT2D eigenvalue weighted by molar-refractivity contribution is 7.80. The van der Waals surface area contributed by atoms with E-state index in [0.29, 0.717) is 5.11 Å². The van der Waals surface area contributed by atoms with Gasteiger partial charge in [-0.25, -0.2) is 4.98 Å². The Balaban J connectivity index is 2.10. The van der Waals surface area contributed by atoms with Crippen molar-refractivity contribution in [3.63, 3.8) is 0 Å². The van der Waals surface area contributed by atoms with Gasteiger partial charge in [0.15, 0.2) is 5.11 Å². The number of hydrogen-bond donors (Lipinski definition) is 2. The van der Waals surface area contributed by atoms with E-state index in [1.807, 2.05) is 31.2 Å². The second-order valence-electron chi connectivity index (χ2n) is 4.50. The van der Waals surface area contributed by atoms with Gasteiger partial charge in [-0.15, -0.1) is 0 Å². The molecule has 0 bridgehead atoms. The predicted molar refractivity (Wildman–Crippen MR) is 84.7 cm³/mol. The van der Waals surface area contributed by atoms with Crippen molar-refractivity contribution in [3.8, 4) is 0 Å². The van der Waals surface area contributed by atoms with Crippen LogP contribution in [0.25, 0.3) is 0 Å². The van der Waals surface area contributed by atoms with E-state index in [4.69, 9.17) is 12.2 Å². The number of pyridine rings is 1. The molecule has 19 heavy (non-hydrogen) atoms. The van der Waals surface area contributed by atoms with Crippen LogP contribution in [0.2, 0.25) is 0 Å². The summed E-state index contributed by atoms with van der Waals surface area (Å²) in [5.74, 6) is 0.783. The third kappa shape index (κ3) is 3.29. The Hall–Kier alpha value is -1.94. The van der Waals surface area contributed by atoms with E-state index >= 15 is 0 Å². The first-order chi connectivity index (χ1) is 9.08. The maximum Gasteiger partial charge on any atom is 0.176 e. The van der Waals surface area contributed by atoms with E-state index < -0.39 is 0 Å². The van der Waals surface area contributed by atoms with Crippen LogP contribution in [0.3, 0.4) is 0 Å². The monoisotopic (exact) mass is 271 g/mol. The third-order valence-corrected chi connectivity index (χ3v) is 3.30. The van der Waals surface area contributed by atoms with Gasteiger partial charge in [0.05, 0.1) is 0 Å². The highest BCUT2D eigenvalue weighted by Gasteiger charge is 2.05. The molecule has 1 aromatic carbocycles. The van der Waals surface area contributed by atoms with Gasteiger partial charge in [0.1, 0.15) is 5.82 Å². The van der Waals surface area contributed by atoms with E-state index in [1.54, 1.807) is 6.20 Å². The molecular weight excluding hydrogens is 254 g/mol. The largest absolute Gasteiger partial charge is 0.332 e. The van der Waals surface area contributed by atoms with Gasteiger partial charge in [-0.1, -0.05) is 18.2 Å². The Morgan fingerprint density at radius 3 is 2.47 bits per heavy atom. The van der Waals surface area contributed by atoms with E-state index in [-0.39, 0.29) is 0 Å². The molecule has 0 spiro atoms. The quantitative estimate of drug-likeness (QED) is 0.814. The molecule has 1 aromatic heterocycles. The molecule has 0 aliphatic rings. The van der Waals surface area contributed by atoms with Crippen molar-refractivity contribution in [1.82, 2.24) is 4.98 Å². The van der Waals surface area contributed by atoms with Gasteiger partial charge >= 0.3 is 0 Å². The molecule has 2 N–H and O–H groups in total. The van der Waals surface area contributed by atoms with Crippen molar-refractivity contribution in [3.05, 3.63) is 53.2 Å². The minimum Gasteiger partial charge on any atom is -0.332 e. The maximum absolute atomic E-state index is 5.32. The molecule has 0 aliphatic heterocycles. The number of anilines is 2. The molecule has 4 heteroatoms. The Labute approximate surface area is 119 Å². The van der Waals surface area contributed by atoms with Crippen LogP contribution in [-0.4, -0.2) is 10.1 Å². The number of thiocarbonyl (C=S) groups is 1. The number of rotatable bonds is 2. The lowest BCUT2D eigenvalue weighted by atomic mass is 10.1. The molecule has 0 atom stereocenters. The fraction of sp³-hybridized carbons (Fsp3) is 0.200. The topological polar surface area (TPSA) is 37.0 Å². The van der Waals surface area contributed by atoms with Crippen LogP contribution < -0.4 is 10.6 Å². The molecule has 0 fully saturated rings. The predicted octanol–water partition coefficient (Wildman–Crippen LogP) is 3.82. The summed E-state index contributed by atoms with van der Waals surface area (Å²) in [5, 5.41) is 6.87. The maximum atomic E-state index is 5.32. The molecule has 0 aliphatic carbocycles. The summed E-state index contributed by atoms with van der Waals surface area (Å²) >= 11 is 5.32. The summed E-state index contributed by atoms with van der Waals surface area (Å²) in [4.78, 5) is 4.26. The number of aryl methyl sites for hydroxylation is 2. The summed E-state index contributed by atoms with van der Waals surface area (Å²) in [7, 11) is 0. The highest BCUT2D eigenvalue weighted by Crippen LogP contribution is 2.18. The minimum atomic E-state index is 0.551. The van der Waals surface area contributed by atoms with Crippen LogP contribution in [0.15, 0.2) is 36.5 Å². The van der Waals surface area contributed by atoms with E-state index in [9.17, 15) is 0 Å². The van der Waals surface area contributed by atoms with Crippen LogP contribution in [0, 0.1) is 20.8 Å². The van der Waals surface area contributed by atoms with Crippen molar-refractivity contribution in [2.75, 3.05) is 10.6 Å². The Kier molecular flexibility index (Phi) is 4.12. The molecular formula is C15H17N3S. The summed E-state index contributed by atoms with van der Waals surface area (Å²) in [6, 6.07) is 10.0. The lowest BCUT2D eigenvalue weighted by Gasteiger charge is -2.14. The average molecular weight is 271 g/mol. The zero-order valence-electron chi connectivity index (χ0n) is 11.3. The van der Waals surface area contributed by atoms with Crippen LogP contribution in [0.4, 0.5) is 11.5 Å². The molecule has 1 heterocycles. The first-order valence-corrected chi connectivity index (χ1v) is 6.54. The molecule has 0 saturated heterocycles. The molecule has 0 radical (unpaired) electrons. The molecule has 2 aromatic rings. The van der Waals surface area contributed by atoms with E-state index in [2.05, 4.69) is 35.5 Å². The van der Waals surface area contributed by atoms with Crippen LogP contribution in [-0.2, 0) is 0 Å². The second-order valence-corrected chi connectivity index (χ2v) is 4.90. The van der Waals surface area contributed by atoms with E-state index in [0.717, 1.165) is 17.1 Å². The fourth-order valence-corrected chi connectivity index (χ4v) is 1.97. The van der Waals surface area contributed by atoms with Crippen LogP contribution in [0.1, 0.15) is 16.7 Å². The first kappa shape index (κ1) is 13.5. The summed E-state index contributed by atoms with van der Waals surface area (Å²) in [6.45, 7) is 6.15. The average Bonchev–Trinajstić information content (AvgIpc) is 2.38. The molecule has 98 valence electrons. The van der Waals surface area contributed by atoms with Gasteiger partial charge < -0.3 is 10.6 Å². The van der Waals surface area contributed by atoms with Gasteiger partial charge in [0.2, 0.25) is 0 Å². The third-order valence-electron chi connectivity index (χ3n) is 3.09. The minimum absolute atomic E-state index is 0.551. The molecule has 3 nitrogen and oxygen atoms in total. The Bertz CT molecular complexity index is 608. The van der Waals surface area contributed by atoms with Gasteiger partial charge in [-0.05, 0) is 61.8 Å². The van der Waals surface area contributed by atoms with Crippen LogP contribution in [0.5, 0.6) is 0 Å². The normalized spacial score (nSPS) is 10.1. The molecule has 0 amide bonds. The highest BCUT2D eigenvalue weighted by atomic mass is 32.1. The first-order valence-electron chi connectivity index (χ1n) is 6.14. The second kappa shape index (κ2) is 5.80. The summed E-state index contributed by atoms with van der Waals surface area (Å²) < 4.78 is 0. The molecule has 0 saturated carbocycles. The summed E-state index contributed by atoms with van der Waals surface area (Å²) in [5.41, 5.74) is 4.52. The number of benzene rings is 1. The van der Waals surface area contributed by atoms with Gasteiger partial charge in [-0.3, -0.25) is 0 Å². The SMILES string of the molecule is Cc1cccnc1NC(=S)Nc1cccc(C)c1C. The van der Waals surface area contributed by atoms with Gasteiger partial charge in [-0.2, -0.15) is 0 Å². The van der Waals surface area contributed by atoms with Crippen molar-refractivity contribution in [2.45, 2.75) is 20.8 Å². The fourth-order valence-electron chi connectivity index (χ4n) is 1.76. The lowest BCUT2D eigenvalue weighted by Crippen LogP contribution is -2.21. The van der Waals surface area contributed by atoms with Crippen molar-refractivity contribution < 1.29 is 0 Å². The zero-order chi connectivity index (χ0) is 13.8. The van der Waals surface area contributed by atoms with Gasteiger partial charge in [0, 0.05) is 11.9 Å². The number of aromatic nitrogens is 1. The van der Waals surface area contributed by atoms with Gasteiger partial charge in [0.25, 0.3) is 0 Å². The summed E-state index contributed by atoms with van der Waals surface area (Å²) in [6.07, 6.45) is 1.75. The van der Waals surface area contributed by atoms with Crippen molar-refractivity contribution in [1.29, 1.82) is 0 Å². The molecule has 0 unspecified atom stereocenters. The Morgan fingerprint density at radius 2 is 1.74 bits per heavy atom. The molecule has 2 rings (SSSR count). The standard InChI is InChI=1S/C15H17N3S/c1-10-6-4-8-13(12(10)3)17-15(19)18-14-11(2)7-5-9-16-14/h4-9H,1-3H3,(H2,16,17,18,19). The number of nitrogens with zero attached hydrogens (tertiary/aromatic N) is 1. The number of hydrogen-bond acceptors (Lipinski definition) is 2.